The molecule has 234 valence electrons. The lowest BCUT2D eigenvalue weighted by Crippen LogP contribution is -2.22. The molecular formula is C34H37N5O5S. The van der Waals surface area contributed by atoms with Crippen molar-refractivity contribution in [2.75, 3.05) is 12.4 Å². The highest BCUT2D eigenvalue weighted by Crippen LogP contribution is 2.36. The lowest BCUT2D eigenvalue weighted by molar-refractivity contribution is -0.134. The highest BCUT2D eigenvalue weighted by molar-refractivity contribution is 7.11. The minimum absolute atomic E-state index is 0.0108. The topological polar surface area (TPSA) is 128 Å². The van der Waals surface area contributed by atoms with Gasteiger partial charge in [-0.05, 0) is 49.6 Å². The van der Waals surface area contributed by atoms with Crippen molar-refractivity contribution in [2.24, 2.45) is 0 Å². The van der Waals surface area contributed by atoms with E-state index in [1.165, 1.54) is 19.3 Å². The van der Waals surface area contributed by atoms with Crippen LogP contribution in [0, 0.1) is 6.92 Å². The number of methoxy groups -OCH3 is 1. The van der Waals surface area contributed by atoms with Crippen LogP contribution in [0.3, 0.4) is 0 Å². The second-order valence-electron chi connectivity index (χ2n) is 11.0. The maximum absolute atomic E-state index is 13.0. The summed E-state index contributed by atoms with van der Waals surface area (Å²) in [7, 11) is 1.66. The second-order valence-corrected chi connectivity index (χ2v) is 12.3. The largest absolute Gasteiger partial charge is 0.497 e. The molecule has 0 bridgehead atoms. The molecule has 0 spiro atoms. The van der Waals surface area contributed by atoms with Gasteiger partial charge in [-0.2, -0.15) is 5.10 Å². The first-order valence-corrected chi connectivity index (χ1v) is 15.8. The molecule has 1 saturated carbocycles. The van der Waals surface area contributed by atoms with Gasteiger partial charge in [0, 0.05) is 41.9 Å². The Hall–Kier alpha value is -4.77. The van der Waals surface area contributed by atoms with E-state index in [0.29, 0.717) is 29.6 Å². The van der Waals surface area contributed by atoms with Crippen LogP contribution in [-0.4, -0.2) is 49.8 Å². The number of carbonyl (C=O) groups is 2. The number of hydrogen-bond donors (Lipinski definition) is 2. The fourth-order valence-electron chi connectivity index (χ4n) is 5.29. The number of benzene rings is 2. The van der Waals surface area contributed by atoms with Gasteiger partial charge in [0.25, 0.3) is 5.97 Å². The molecule has 0 aliphatic heterocycles. The molecule has 3 aromatic heterocycles. The Morgan fingerprint density at radius 1 is 1.04 bits per heavy atom. The van der Waals surface area contributed by atoms with Crippen LogP contribution in [0.25, 0.3) is 11.0 Å². The molecule has 0 unspecified atom stereocenters. The zero-order chi connectivity index (χ0) is 31.8. The minimum Gasteiger partial charge on any atom is -0.497 e. The predicted octanol–water partition coefficient (Wildman–Crippen LogP) is 7.31. The Morgan fingerprint density at radius 2 is 1.80 bits per heavy atom. The Balaban J connectivity index is 0.000000945. The van der Waals surface area contributed by atoms with Crippen LogP contribution in [0.4, 0.5) is 5.82 Å². The van der Waals surface area contributed by atoms with Gasteiger partial charge in [0.05, 0.1) is 20.1 Å². The van der Waals surface area contributed by atoms with Crippen LogP contribution in [0.2, 0.25) is 0 Å². The highest BCUT2D eigenvalue weighted by Gasteiger charge is 2.22. The fraction of sp³-hybridized carbons (Fsp3) is 0.324. The number of hydrogen-bond acceptors (Lipinski definition) is 9. The number of thiazole rings is 1. The molecule has 2 N–H and O–H groups in total. The second kappa shape index (κ2) is 14.8. The number of pyridine rings is 1. The Labute approximate surface area is 266 Å². The monoisotopic (exact) mass is 627 g/mol. The molecule has 0 amide bonds. The number of nitrogens with one attached hydrogen (secondary N) is 1. The number of rotatable bonds is 10. The number of Topliss-reactive ketones (excluding diaryl/α,β-unsaturated/α-hetero) is 1. The van der Waals surface area contributed by atoms with E-state index in [0.717, 1.165) is 57.8 Å². The van der Waals surface area contributed by atoms with Crippen LogP contribution >= 0.6 is 11.3 Å². The first-order chi connectivity index (χ1) is 21.8. The molecule has 1 aliphatic rings. The third-order valence-electron chi connectivity index (χ3n) is 7.40. The van der Waals surface area contributed by atoms with Crippen molar-refractivity contribution in [3.05, 3.63) is 88.0 Å². The molecule has 0 radical (unpaired) electrons. The van der Waals surface area contributed by atoms with Gasteiger partial charge in [0.2, 0.25) is 0 Å². The SMILES string of the molecule is CC(=O)O.COc1ccc(Cn2nc(NC3CCCCC3)c3c(Oc4cccc(C(=O)Cc5ncc(C)s5)c4)ccnc32)cc1. The van der Waals surface area contributed by atoms with Crippen molar-refractivity contribution in [1.29, 1.82) is 0 Å². The van der Waals surface area contributed by atoms with Gasteiger partial charge in [-0.15, -0.1) is 11.3 Å². The van der Waals surface area contributed by atoms with Gasteiger partial charge < -0.3 is 19.9 Å². The number of carboxylic acids is 1. The lowest BCUT2D eigenvalue weighted by Gasteiger charge is -2.22. The molecule has 3 heterocycles. The zero-order valence-corrected chi connectivity index (χ0v) is 26.5. The van der Waals surface area contributed by atoms with Gasteiger partial charge in [-0.1, -0.05) is 43.5 Å². The van der Waals surface area contributed by atoms with E-state index in [9.17, 15) is 4.79 Å². The van der Waals surface area contributed by atoms with E-state index in [1.54, 1.807) is 36.9 Å². The van der Waals surface area contributed by atoms with Gasteiger partial charge in [-0.25, -0.2) is 14.6 Å². The Morgan fingerprint density at radius 3 is 2.49 bits per heavy atom. The van der Waals surface area contributed by atoms with Crippen molar-refractivity contribution in [2.45, 2.75) is 65.0 Å². The van der Waals surface area contributed by atoms with Crippen molar-refractivity contribution in [3.63, 3.8) is 0 Å². The summed E-state index contributed by atoms with van der Waals surface area (Å²) in [6.45, 7) is 3.63. The fourth-order valence-corrected chi connectivity index (χ4v) is 6.08. The smallest absolute Gasteiger partial charge is 0.300 e. The Bertz CT molecular complexity index is 1750. The number of carboxylic acid groups (broad SMARTS) is 1. The van der Waals surface area contributed by atoms with E-state index in [-0.39, 0.29) is 12.2 Å². The molecule has 1 aliphatic carbocycles. The summed E-state index contributed by atoms with van der Waals surface area (Å²) >= 11 is 1.55. The van der Waals surface area contributed by atoms with Crippen molar-refractivity contribution >= 4 is 39.9 Å². The van der Waals surface area contributed by atoms with Crippen LogP contribution in [-0.2, 0) is 17.8 Å². The van der Waals surface area contributed by atoms with Gasteiger partial charge in [0.1, 0.15) is 27.6 Å². The van der Waals surface area contributed by atoms with Gasteiger partial charge in [-0.3, -0.25) is 9.59 Å². The van der Waals surface area contributed by atoms with Crippen molar-refractivity contribution in [1.82, 2.24) is 19.7 Å². The normalized spacial score (nSPS) is 13.1. The molecule has 6 rings (SSSR count). The highest BCUT2D eigenvalue weighted by atomic mass is 32.1. The molecule has 0 atom stereocenters. The molecular weight excluding hydrogens is 590 g/mol. The number of nitrogens with zero attached hydrogens (tertiary/aromatic N) is 4. The number of aliphatic carboxylic acids is 1. The number of ether oxygens (including phenoxy) is 2. The quantitative estimate of drug-likeness (QED) is 0.153. The summed E-state index contributed by atoms with van der Waals surface area (Å²) in [4.78, 5) is 32.2. The number of carbonyl (C=O) groups excluding carboxylic acids is 1. The summed E-state index contributed by atoms with van der Waals surface area (Å²) in [5.41, 5.74) is 2.42. The minimum atomic E-state index is -0.833. The van der Waals surface area contributed by atoms with Crippen LogP contribution in [0.1, 0.15) is 64.8 Å². The van der Waals surface area contributed by atoms with Crippen LogP contribution in [0.5, 0.6) is 17.2 Å². The summed E-state index contributed by atoms with van der Waals surface area (Å²) in [5.74, 6) is 2.00. The van der Waals surface area contributed by atoms with E-state index in [2.05, 4.69) is 10.3 Å². The number of aryl methyl sites for hydroxylation is 1. The summed E-state index contributed by atoms with van der Waals surface area (Å²) < 4.78 is 13.7. The molecule has 11 heteroatoms. The third kappa shape index (κ3) is 8.45. The molecule has 1 fully saturated rings. The summed E-state index contributed by atoms with van der Waals surface area (Å²) in [6.07, 6.45) is 9.75. The summed E-state index contributed by atoms with van der Waals surface area (Å²) in [5, 5.41) is 17.8. The summed E-state index contributed by atoms with van der Waals surface area (Å²) in [6, 6.07) is 17.5. The average Bonchev–Trinajstić information content (AvgIpc) is 3.60. The average molecular weight is 628 g/mol. The van der Waals surface area contributed by atoms with E-state index >= 15 is 0 Å². The molecule has 10 nitrogen and oxygen atoms in total. The number of anilines is 1. The Kier molecular flexibility index (Phi) is 10.4. The van der Waals surface area contributed by atoms with Gasteiger partial charge in [0.15, 0.2) is 17.2 Å². The molecule has 45 heavy (non-hydrogen) atoms. The molecule has 5 aromatic rings. The van der Waals surface area contributed by atoms with Crippen molar-refractivity contribution in [3.8, 4) is 17.2 Å². The maximum atomic E-state index is 13.0. The first kappa shape index (κ1) is 31.6. The van der Waals surface area contributed by atoms with Crippen LogP contribution in [0.15, 0.2) is 67.0 Å². The van der Waals surface area contributed by atoms with E-state index in [4.69, 9.17) is 29.5 Å². The maximum Gasteiger partial charge on any atom is 0.300 e. The number of fused-ring (bicyclic) bond motifs is 1. The zero-order valence-electron chi connectivity index (χ0n) is 25.7. The number of aromatic nitrogens is 4. The predicted molar refractivity (Wildman–Crippen MR) is 175 cm³/mol. The number of ketones is 1. The van der Waals surface area contributed by atoms with Crippen molar-refractivity contribution < 1.29 is 24.2 Å². The standard InChI is InChI=1S/C32H33N5O3S.C2H4O2/c1-21-19-34-29(41-21)18-27(38)23-7-6-10-26(17-23)40-28-15-16-33-32-30(28)31(35-24-8-4-3-5-9-24)36-37(32)20-22-11-13-25(39-2)14-12-22;1-2(3)4/h6-7,10-17,19,24H,3-5,8-9,18,20H2,1-2H3,(H,35,36);1H3,(H,3,4). The molecule has 0 saturated heterocycles. The third-order valence-corrected chi connectivity index (χ3v) is 8.31. The van der Waals surface area contributed by atoms with Gasteiger partial charge >= 0.3 is 0 Å². The van der Waals surface area contributed by atoms with Crippen LogP contribution < -0.4 is 14.8 Å². The molecule has 2 aromatic carbocycles. The lowest BCUT2D eigenvalue weighted by atomic mass is 9.95. The van der Waals surface area contributed by atoms with E-state index < -0.39 is 5.97 Å². The first-order valence-electron chi connectivity index (χ1n) is 15.0. The van der Waals surface area contributed by atoms with E-state index in [1.807, 2.05) is 60.1 Å².